The van der Waals surface area contributed by atoms with Gasteiger partial charge in [-0.2, -0.15) is 0 Å². The predicted octanol–water partition coefficient (Wildman–Crippen LogP) is 3.04. The third-order valence-corrected chi connectivity index (χ3v) is 5.70. The van der Waals surface area contributed by atoms with Crippen molar-refractivity contribution in [3.63, 3.8) is 0 Å². The van der Waals surface area contributed by atoms with E-state index in [1.54, 1.807) is 12.1 Å². The summed E-state index contributed by atoms with van der Waals surface area (Å²) in [6.07, 6.45) is 1.35. The maximum atomic E-state index is 13.8. The van der Waals surface area contributed by atoms with E-state index in [9.17, 15) is 21.2 Å². The molecule has 3 aromatic carbocycles. The highest BCUT2D eigenvalue weighted by Crippen LogP contribution is 2.24. The second kappa shape index (κ2) is 7.10. The van der Waals surface area contributed by atoms with Gasteiger partial charge in [0, 0.05) is 0 Å². The number of benzene rings is 3. The van der Waals surface area contributed by atoms with Crippen LogP contribution in [0.4, 0.5) is 10.1 Å². The van der Waals surface area contributed by atoms with Crippen LogP contribution in [-0.2, 0) is 20.0 Å². The summed E-state index contributed by atoms with van der Waals surface area (Å²) in [6.45, 7) is 0. The van der Waals surface area contributed by atoms with Crippen LogP contribution < -0.4 is 9.86 Å². The lowest BCUT2D eigenvalue weighted by molar-refractivity contribution is 0.569. The zero-order valence-corrected chi connectivity index (χ0v) is 15.5. The second-order valence-corrected chi connectivity index (χ2v) is 8.78. The molecule has 3 rings (SSSR count). The minimum absolute atomic E-state index is 0.458. The molecule has 140 valence electrons. The standard InChI is InChI=1S/C18H15FN2O4S2/c19-16-6-3-7-17(18(16)27(20,24)25)21-26(22,23)11-10-13-8-9-14-4-1-2-5-15(14)12-13/h1-12,21H,(H2,20,24,25)/b11-10+. The van der Waals surface area contributed by atoms with Gasteiger partial charge in [-0.25, -0.2) is 26.4 Å². The SMILES string of the molecule is NS(=O)(=O)c1c(F)cccc1NS(=O)(=O)/C=C/c1ccc2ccccc2c1. The number of primary sulfonamides is 1. The summed E-state index contributed by atoms with van der Waals surface area (Å²) in [5, 5.41) is 7.79. The number of halogens is 1. The largest absolute Gasteiger partial charge is 0.279 e. The van der Waals surface area contributed by atoms with Crippen LogP contribution in [-0.4, -0.2) is 16.8 Å². The highest BCUT2D eigenvalue weighted by Gasteiger charge is 2.21. The second-order valence-electron chi connectivity index (χ2n) is 5.72. The third kappa shape index (κ3) is 4.51. The molecule has 0 saturated carbocycles. The van der Waals surface area contributed by atoms with E-state index in [1.165, 1.54) is 12.1 Å². The van der Waals surface area contributed by atoms with Gasteiger partial charge in [-0.15, -0.1) is 0 Å². The Bertz CT molecular complexity index is 1250. The van der Waals surface area contributed by atoms with E-state index in [-0.39, 0.29) is 0 Å². The van der Waals surface area contributed by atoms with E-state index in [1.807, 2.05) is 35.1 Å². The summed E-state index contributed by atoms with van der Waals surface area (Å²) in [5.74, 6) is -1.14. The van der Waals surface area contributed by atoms with Gasteiger partial charge in [0.25, 0.3) is 10.0 Å². The maximum absolute atomic E-state index is 13.8. The Kier molecular flexibility index (Phi) is 5.01. The van der Waals surface area contributed by atoms with E-state index >= 15 is 0 Å². The summed E-state index contributed by atoms with van der Waals surface area (Å²) in [4.78, 5) is -0.910. The predicted molar refractivity (Wildman–Crippen MR) is 103 cm³/mol. The fraction of sp³-hybridized carbons (Fsp3) is 0. The number of nitrogens with two attached hydrogens (primary N) is 1. The molecule has 0 aliphatic heterocycles. The molecule has 0 bridgehead atoms. The number of rotatable bonds is 5. The third-order valence-electron chi connectivity index (χ3n) is 3.72. The van der Waals surface area contributed by atoms with Crippen molar-refractivity contribution in [1.82, 2.24) is 0 Å². The van der Waals surface area contributed by atoms with Gasteiger partial charge >= 0.3 is 0 Å². The normalized spacial score (nSPS) is 12.5. The molecule has 0 radical (unpaired) electrons. The number of nitrogens with one attached hydrogen (secondary N) is 1. The van der Waals surface area contributed by atoms with Crippen molar-refractivity contribution in [3.05, 3.63) is 77.5 Å². The van der Waals surface area contributed by atoms with Gasteiger partial charge in [0.05, 0.1) is 11.1 Å². The molecule has 9 heteroatoms. The van der Waals surface area contributed by atoms with Crippen LogP contribution in [0.25, 0.3) is 16.8 Å². The molecular formula is C18H15FN2O4S2. The molecule has 27 heavy (non-hydrogen) atoms. The lowest BCUT2D eigenvalue weighted by atomic mass is 10.1. The van der Waals surface area contributed by atoms with Gasteiger partial charge in [-0.3, -0.25) is 4.72 Å². The first-order chi connectivity index (χ1) is 12.7. The van der Waals surface area contributed by atoms with Crippen LogP contribution in [0.2, 0.25) is 0 Å². The van der Waals surface area contributed by atoms with Crippen molar-refractivity contribution in [2.75, 3.05) is 4.72 Å². The summed E-state index contributed by atoms with van der Waals surface area (Å²) in [5.41, 5.74) is 0.172. The van der Waals surface area contributed by atoms with Gasteiger partial charge in [0.2, 0.25) is 10.0 Å². The molecule has 0 heterocycles. The summed E-state index contributed by atoms with van der Waals surface area (Å²) in [6, 6.07) is 16.2. The van der Waals surface area contributed by atoms with Crippen molar-refractivity contribution in [2.45, 2.75) is 4.90 Å². The van der Waals surface area contributed by atoms with E-state index in [2.05, 4.69) is 0 Å². The van der Waals surface area contributed by atoms with Crippen molar-refractivity contribution >= 4 is 42.6 Å². The Morgan fingerprint density at radius 3 is 2.30 bits per heavy atom. The molecular weight excluding hydrogens is 391 g/mol. The number of fused-ring (bicyclic) bond motifs is 1. The minimum Gasteiger partial charge on any atom is -0.279 e. The molecule has 0 unspecified atom stereocenters. The molecule has 0 spiro atoms. The minimum atomic E-state index is -4.45. The molecule has 0 saturated heterocycles. The molecule has 0 aliphatic carbocycles. The fourth-order valence-electron chi connectivity index (χ4n) is 2.55. The van der Waals surface area contributed by atoms with Crippen LogP contribution in [0.15, 0.2) is 71.0 Å². The Hall–Kier alpha value is -2.75. The molecule has 3 N–H and O–H groups in total. The van der Waals surface area contributed by atoms with Gasteiger partial charge in [0.1, 0.15) is 10.7 Å². The number of hydrogen-bond donors (Lipinski definition) is 2. The molecule has 6 nitrogen and oxygen atoms in total. The average molecular weight is 406 g/mol. The Balaban J connectivity index is 1.91. The monoisotopic (exact) mass is 406 g/mol. The van der Waals surface area contributed by atoms with E-state index < -0.39 is 36.4 Å². The smallest absolute Gasteiger partial charge is 0.255 e. The van der Waals surface area contributed by atoms with Crippen molar-refractivity contribution in [2.24, 2.45) is 5.14 Å². The maximum Gasteiger partial charge on any atom is 0.255 e. The highest BCUT2D eigenvalue weighted by atomic mass is 32.2. The Morgan fingerprint density at radius 1 is 0.889 bits per heavy atom. The van der Waals surface area contributed by atoms with Crippen molar-refractivity contribution in [3.8, 4) is 0 Å². The number of anilines is 1. The van der Waals surface area contributed by atoms with Crippen LogP contribution in [0, 0.1) is 5.82 Å². The van der Waals surface area contributed by atoms with Crippen molar-refractivity contribution < 1.29 is 21.2 Å². The summed E-state index contributed by atoms with van der Waals surface area (Å²) >= 11 is 0. The fourth-order valence-corrected chi connectivity index (χ4v) is 4.26. The summed E-state index contributed by atoms with van der Waals surface area (Å²) in [7, 11) is -8.56. The van der Waals surface area contributed by atoms with E-state index in [0.717, 1.165) is 28.3 Å². The Labute approximate surface area is 156 Å². The molecule has 3 aromatic rings. The average Bonchev–Trinajstić information content (AvgIpc) is 2.58. The molecule has 0 amide bonds. The topological polar surface area (TPSA) is 106 Å². The first-order valence-electron chi connectivity index (χ1n) is 7.67. The van der Waals surface area contributed by atoms with Gasteiger partial charge in [0.15, 0.2) is 0 Å². The highest BCUT2D eigenvalue weighted by molar-refractivity contribution is 7.95. The van der Waals surface area contributed by atoms with Crippen LogP contribution in [0.3, 0.4) is 0 Å². The summed E-state index contributed by atoms with van der Waals surface area (Å²) < 4.78 is 63.5. The molecule has 0 atom stereocenters. The Morgan fingerprint density at radius 2 is 1.59 bits per heavy atom. The first kappa shape index (κ1) is 19.0. The molecule has 0 aromatic heterocycles. The molecule has 0 aliphatic rings. The van der Waals surface area contributed by atoms with E-state index in [4.69, 9.17) is 5.14 Å². The number of hydrogen-bond acceptors (Lipinski definition) is 4. The van der Waals surface area contributed by atoms with Gasteiger partial charge in [-0.1, -0.05) is 42.5 Å². The lowest BCUT2D eigenvalue weighted by Gasteiger charge is -2.10. The van der Waals surface area contributed by atoms with E-state index in [0.29, 0.717) is 5.56 Å². The van der Waals surface area contributed by atoms with Gasteiger partial charge in [-0.05, 0) is 40.6 Å². The quantitative estimate of drug-likeness (QED) is 0.679. The lowest BCUT2D eigenvalue weighted by Crippen LogP contribution is -2.19. The number of sulfonamides is 2. The van der Waals surface area contributed by atoms with Crippen LogP contribution in [0.5, 0.6) is 0 Å². The first-order valence-corrected chi connectivity index (χ1v) is 10.8. The van der Waals surface area contributed by atoms with Crippen LogP contribution in [0.1, 0.15) is 5.56 Å². The zero-order chi connectivity index (χ0) is 19.7. The zero-order valence-electron chi connectivity index (χ0n) is 13.8. The van der Waals surface area contributed by atoms with Crippen LogP contribution >= 0.6 is 0 Å². The molecule has 0 fully saturated rings. The van der Waals surface area contributed by atoms with Gasteiger partial charge < -0.3 is 0 Å². The van der Waals surface area contributed by atoms with Crippen molar-refractivity contribution in [1.29, 1.82) is 0 Å².